The molecule has 0 radical (unpaired) electrons. The van der Waals surface area contributed by atoms with Crippen LogP contribution in [0.5, 0.6) is 5.75 Å². The van der Waals surface area contributed by atoms with Gasteiger partial charge in [0, 0.05) is 30.8 Å². The van der Waals surface area contributed by atoms with Gasteiger partial charge in [-0.1, -0.05) is 0 Å². The first-order valence-corrected chi connectivity index (χ1v) is 7.95. The zero-order valence-corrected chi connectivity index (χ0v) is 11.6. The number of phenolic OH excluding ortho intramolecular Hbond substituents is 1. The Morgan fingerprint density at radius 1 is 1.32 bits per heavy atom. The smallest absolute Gasteiger partial charge is 0.159 e. The van der Waals surface area contributed by atoms with Crippen LogP contribution in [0.25, 0.3) is 0 Å². The molecule has 1 aromatic carbocycles. The third kappa shape index (κ3) is 3.54. The molecular formula is C13H17NO4S. The second-order valence-corrected chi connectivity index (χ2v) is 7.13. The Bertz CT molecular complexity index is 581. The van der Waals surface area contributed by atoms with Gasteiger partial charge >= 0.3 is 0 Å². The Balaban J connectivity index is 2.11. The molecule has 1 fully saturated rings. The van der Waals surface area contributed by atoms with Crippen LogP contribution in [-0.4, -0.2) is 48.8 Å². The van der Waals surface area contributed by atoms with E-state index in [-0.39, 0.29) is 23.0 Å². The van der Waals surface area contributed by atoms with Crippen LogP contribution in [0.15, 0.2) is 18.2 Å². The fourth-order valence-corrected chi connectivity index (χ4v) is 3.36. The second-order valence-electron chi connectivity index (χ2n) is 4.83. The molecule has 0 spiro atoms. The molecule has 1 N–H and O–H groups in total. The second kappa shape index (κ2) is 5.30. The fourth-order valence-electron chi connectivity index (χ4n) is 2.08. The van der Waals surface area contributed by atoms with Crippen molar-refractivity contribution in [1.29, 1.82) is 0 Å². The summed E-state index contributed by atoms with van der Waals surface area (Å²) in [6.45, 7) is 2.87. The Labute approximate surface area is 112 Å². The van der Waals surface area contributed by atoms with E-state index < -0.39 is 9.84 Å². The summed E-state index contributed by atoms with van der Waals surface area (Å²) in [6.07, 6.45) is 0. The van der Waals surface area contributed by atoms with E-state index in [0.717, 1.165) is 0 Å². The molecule has 0 aromatic heterocycles. The van der Waals surface area contributed by atoms with E-state index in [0.29, 0.717) is 30.8 Å². The van der Waals surface area contributed by atoms with Gasteiger partial charge in [0.25, 0.3) is 0 Å². The van der Waals surface area contributed by atoms with Crippen molar-refractivity contribution in [1.82, 2.24) is 4.90 Å². The SMILES string of the molecule is CC(=O)c1ccc(O)c(CN2CCS(=O)(=O)CC2)c1. The first kappa shape index (κ1) is 14.0. The number of rotatable bonds is 3. The fraction of sp³-hybridized carbons (Fsp3) is 0.462. The summed E-state index contributed by atoms with van der Waals surface area (Å²) in [4.78, 5) is 13.3. The van der Waals surface area contributed by atoms with Crippen molar-refractivity contribution in [2.45, 2.75) is 13.5 Å². The van der Waals surface area contributed by atoms with E-state index in [1.165, 1.54) is 13.0 Å². The first-order valence-electron chi connectivity index (χ1n) is 6.13. The quantitative estimate of drug-likeness (QED) is 0.832. The van der Waals surface area contributed by atoms with Crippen molar-refractivity contribution in [3.05, 3.63) is 29.3 Å². The van der Waals surface area contributed by atoms with E-state index in [9.17, 15) is 18.3 Å². The lowest BCUT2D eigenvalue weighted by atomic mass is 10.1. The highest BCUT2D eigenvalue weighted by atomic mass is 32.2. The lowest BCUT2D eigenvalue weighted by Crippen LogP contribution is -2.39. The summed E-state index contributed by atoms with van der Waals surface area (Å²) in [5.41, 5.74) is 1.21. The zero-order chi connectivity index (χ0) is 14.0. The minimum atomic E-state index is -2.90. The van der Waals surface area contributed by atoms with Crippen molar-refractivity contribution in [3.8, 4) is 5.75 Å². The van der Waals surface area contributed by atoms with E-state index in [2.05, 4.69) is 0 Å². The monoisotopic (exact) mass is 283 g/mol. The average molecular weight is 283 g/mol. The Hall–Kier alpha value is -1.40. The summed E-state index contributed by atoms with van der Waals surface area (Å²) in [5, 5.41) is 9.79. The number of ketones is 1. The van der Waals surface area contributed by atoms with Crippen LogP contribution < -0.4 is 0 Å². The molecule has 0 bridgehead atoms. The van der Waals surface area contributed by atoms with Gasteiger partial charge in [0.15, 0.2) is 15.6 Å². The molecule has 0 atom stereocenters. The van der Waals surface area contributed by atoms with Gasteiger partial charge < -0.3 is 5.11 Å². The Kier molecular flexibility index (Phi) is 3.91. The third-order valence-corrected chi connectivity index (χ3v) is 4.93. The van der Waals surface area contributed by atoms with Crippen LogP contribution >= 0.6 is 0 Å². The summed E-state index contributed by atoms with van der Waals surface area (Å²) >= 11 is 0. The van der Waals surface area contributed by atoms with E-state index in [4.69, 9.17) is 0 Å². The van der Waals surface area contributed by atoms with Crippen molar-refractivity contribution >= 4 is 15.6 Å². The number of hydrogen-bond donors (Lipinski definition) is 1. The normalized spacial score (nSPS) is 19.2. The Morgan fingerprint density at radius 3 is 2.53 bits per heavy atom. The summed E-state index contributed by atoms with van der Waals surface area (Å²) in [5.74, 6) is 0.390. The average Bonchev–Trinajstić information content (AvgIpc) is 2.34. The maximum absolute atomic E-state index is 11.3. The van der Waals surface area contributed by atoms with E-state index in [1.54, 1.807) is 12.1 Å². The number of carbonyl (C=O) groups excluding carboxylic acids is 1. The predicted octanol–water partition coefficient (Wildman–Crippen LogP) is 0.825. The summed E-state index contributed by atoms with van der Waals surface area (Å²) in [6, 6.07) is 4.76. The lowest BCUT2D eigenvalue weighted by Gasteiger charge is -2.26. The molecule has 2 rings (SSSR count). The van der Waals surface area contributed by atoms with Crippen LogP contribution in [0.2, 0.25) is 0 Å². The molecule has 1 aliphatic rings. The van der Waals surface area contributed by atoms with Crippen molar-refractivity contribution in [2.75, 3.05) is 24.6 Å². The molecule has 104 valence electrons. The molecule has 1 saturated heterocycles. The topological polar surface area (TPSA) is 74.7 Å². The maximum atomic E-state index is 11.3. The molecule has 0 unspecified atom stereocenters. The maximum Gasteiger partial charge on any atom is 0.159 e. The molecule has 0 saturated carbocycles. The highest BCUT2D eigenvalue weighted by Crippen LogP contribution is 2.21. The number of phenols is 1. The third-order valence-electron chi connectivity index (χ3n) is 3.32. The van der Waals surface area contributed by atoms with Crippen LogP contribution in [-0.2, 0) is 16.4 Å². The summed E-state index contributed by atoms with van der Waals surface area (Å²) in [7, 11) is -2.90. The predicted molar refractivity (Wildman–Crippen MR) is 72.0 cm³/mol. The van der Waals surface area contributed by atoms with Gasteiger partial charge in [0.05, 0.1) is 11.5 Å². The molecule has 19 heavy (non-hydrogen) atoms. The molecule has 1 aromatic rings. The number of nitrogens with zero attached hydrogens (tertiary/aromatic N) is 1. The highest BCUT2D eigenvalue weighted by molar-refractivity contribution is 7.91. The van der Waals surface area contributed by atoms with Gasteiger partial charge in [-0.15, -0.1) is 0 Å². The minimum absolute atomic E-state index is 0.0533. The van der Waals surface area contributed by atoms with Crippen molar-refractivity contribution in [3.63, 3.8) is 0 Å². The number of aromatic hydroxyl groups is 1. The number of hydrogen-bond acceptors (Lipinski definition) is 5. The minimum Gasteiger partial charge on any atom is -0.508 e. The number of Topliss-reactive ketones (excluding diaryl/α,β-unsaturated/α-hetero) is 1. The van der Waals surface area contributed by atoms with Crippen LogP contribution in [0.1, 0.15) is 22.8 Å². The lowest BCUT2D eigenvalue weighted by molar-refractivity contribution is 0.101. The molecule has 0 amide bonds. The van der Waals surface area contributed by atoms with Gasteiger partial charge in [-0.3, -0.25) is 9.69 Å². The van der Waals surface area contributed by atoms with Gasteiger partial charge in [-0.05, 0) is 25.1 Å². The zero-order valence-electron chi connectivity index (χ0n) is 10.8. The number of sulfone groups is 1. The first-order chi connectivity index (χ1) is 8.87. The van der Waals surface area contributed by atoms with Gasteiger partial charge in [0.2, 0.25) is 0 Å². The molecule has 1 heterocycles. The molecule has 5 nitrogen and oxygen atoms in total. The van der Waals surface area contributed by atoms with Crippen molar-refractivity contribution < 1.29 is 18.3 Å². The number of benzene rings is 1. The van der Waals surface area contributed by atoms with Crippen LogP contribution in [0.3, 0.4) is 0 Å². The molecular weight excluding hydrogens is 266 g/mol. The Morgan fingerprint density at radius 2 is 1.95 bits per heavy atom. The van der Waals surface area contributed by atoms with Gasteiger partial charge in [-0.2, -0.15) is 0 Å². The highest BCUT2D eigenvalue weighted by Gasteiger charge is 2.22. The largest absolute Gasteiger partial charge is 0.508 e. The molecule has 6 heteroatoms. The summed E-state index contributed by atoms with van der Waals surface area (Å²) < 4.78 is 22.7. The number of carbonyl (C=O) groups is 1. The van der Waals surface area contributed by atoms with Crippen molar-refractivity contribution in [2.24, 2.45) is 0 Å². The van der Waals surface area contributed by atoms with Gasteiger partial charge in [-0.25, -0.2) is 8.42 Å². The van der Waals surface area contributed by atoms with E-state index in [1.807, 2.05) is 4.90 Å². The molecule has 0 aliphatic carbocycles. The van der Waals surface area contributed by atoms with Crippen LogP contribution in [0, 0.1) is 0 Å². The standard InChI is InChI=1S/C13H17NO4S/c1-10(15)11-2-3-13(16)12(8-11)9-14-4-6-19(17,18)7-5-14/h2-3,8,16H,4-7,9H2,1H3. The molecule has 1 aliphatic heterocycles. The van der Waals surface area contributed by atoms with Gasteiger partial charge in [0.1, 0.15) is 5.75 Å². The van der Waals surface area contributed by atoms with E-state index >= 15 is 0 Å². The van der Waals surface area contributed by atoms with Crippen LogP contribution in [0.4, 0.5) is 0 Å².